The SMILES string of the molecule is CC[C@H](C)NC(=O)[C@H](NC(=O)c1ccc(OC)cc1)C1CCN(C(=O)COC)CC1. The molecule has 0 aromatic heterocycles. The van der Waals surface area contributed by atoms with Crippen LogP contribution in [0.15, 0.2) is 24.3 Å². The second kappa shape index (κ2) is 11.5. The monoisotopic (exact) mass is 419 g/mol. The first kappa shape index (κ1) is 23.7. The van der Waals surface area contributed by atoms with Crippen LogP contribution in [-0.2, 0) is 14.3 Å². The lowest BCUT2D eigenvalue weighted by Crippen LogP contribution is -2.55. The van der Waals surface area contributed by atoms with Crippen LogP contribution in [0.4, 0.5) is 0 Å². The Morgan fingerprint density at radius 3 is 2.27 bits per heavy atom. The van der Waals surface area contributed by atoms with E-state index in [9.17, 15) is 14.4 Å². The Balaban J connectivity index is 2.09. The van der Waals surface area contributed by atoms with Gasteiger partial charge in [-0.3, -0.25) is 14.4 Å². The summed E-state index contributed by atoms with van der Waals surface area (Å²) in [5, 5.41) is 5.90. The number of likely N-dealkylation sites (tertiary alicyclic amines) is 1. The topological polar surface area (TPSA) is 97.0 Å². The lowest BCUT2D eigenvalue weighted by molar-refractivity contribution is -0.136. The number of methoxy groups -OCH3 is 2. The first-order valence-corrected chi connectivity index (χ1v) is 10.4. The zero-order valence-corrected chi connectivity index (χ0v) is 18.3. The molecule has 2 atom stereocenters. The van der Waals surface area contributed by atoms with Gasteiger partial charge in [-0.2, -0.15) is 0 Å². The van der Waals surface area contributed by atoms with Crippen LogP contribution in [0.2, 0.25) is 0 Å². The number of amides is 3. The van der Waals surface area contributed by atoms with Crippen LogP contribution in [0.25, 0.3) is 0 Å². The van der Waals surface area contributed by atoms with Crippen LogP contribution in [0.5, 0.6) is 5.75 Å². The number of benzene rings is 1. The van der Waals surface area contributed by atoms with Gasteiger partial charge in [0.15, 0.2) is 0 Å². The molecule has 1 aromatic carbocycles. The minimum atomic E-state index is -0.659. The smallest absolute Gasteiger partial charge is 0.251 e. The zero-order chi connectivity index (χ0) is 22.1. The van der Waals surface area contributed by atoms with E-state index in [1.807, 2.05) is 13.8 Å². The fourth-order valence-corrected chi connectivity index (χ4v) is 3.50. The molecule has 0 aliphatic carbocycles. The molecule has 2 rings (SSSR count). The van der Waals surface area contributed by atoms with E-state index in [4.69, 9.17) is 9.47 Å². The molecule has 1 saturated heterocycles. The highest BCUT2D eigenvalue weighted by atomic mass is 16.5. The van der Waals surface area contributed by atoms with Crippen molar-refractivity contribution in [2.24, 2.45) is 5.92 Å². The molecule has 3 amide bonds. The van der Waals surface area contributed by atoms with Crippen LogP contribution in [0.3, 0.4) is 0 Å². The lowest BCUT2D eigenvalue weighted by Gasteiger charge is -2.36. The molecule has 166 valence electrons. The fourth-order valence-electron chi connectivity index (χ4n) is 3.50. The summed E-state index contributed by atoms with van der Waals surface area (Å²) in [6.07, 6.45) is 2.07. The van der Waals surface area contributed by atoms with Gasteiger partial charge in [0, 0.05) is 31.8 Å². The summed E-state index contributed by atoms with van der Waals surface area (Å²) >= 11 is 0. The van der Waals surface area contributed by atoms with Crippen molar-refractivity contribution in [2.45, 2.75) is 45.2 Å². The van der Waals surface area contributed by atoms with Crippen molar-refractivity contribution in [1.82, 2.24) is 15.5 Å². The largest absolute Gasteiger partial charge is 0.497 e. The summed E-state index contributed by atoms with van der Waals surface area (Å²) in [6, 6.07) is 6.12. The van der Waals surface area contributed by atoms with E-state index >= 15 is 0 Å². The van der Waals surface area contributed by atoms with Crippen molar-refractivity contribution >= 4 is 17.7 Å². The molecule has 1 aliphatic heterocycles. The van der Waals surface area contributed by atoms with Crippen molar-refractivity contribution in [3.63, 3.8) is 0 Å². The molecule has 8 nitrogen and oxygen atoms in total. The van der Waals surface area contributed by atoms with E-state index in [2.05, 4.69) is 10.6 Å². The summed E-state index contributed by atoms with van der Waals surface area (Å²) in [4.78, 5) is 39.5. The number of nitrogens with one attached hydrogen (secondary N) is 2. The third-order valence-electron chi connectivity index (χ3n) is 5.55. The molecule has 0 unspecified atom stereocenters. The molecule has 0 radical (unpaired) electrons. The van der Waals surface area contributed by atoms with Crippen molar-refractivity contribution in [3.8, 4) is 5.75 Å². The van der Waals surface area contributed by atoms with Gasteiger partial charge in [-0.25, -0.2) is 0 Å². The Hall–Kier alpha value is -2.61. The summed E-state index contributed by atoms with van der Waals surface area (Å²) in [6.45, 7) is 5.07. The van der Waals surface area contributed by atoms with Crippen molar-refractivity contribution in [3.05, 3.63) is 29.8 Å². The number of hydrogen-bond donors (Lipinski definition) is 2. The number of rotatable bonds is 9. The predicted octanol–water partition coefficient (Wildman–Crippen LogP) is 1.59. The highest BCUT2D eigenvalue weighted by Gasteiger charge is 2.34. The van der Waals surface area contributed by atoms with Gasteiger partial charge in [-0.1, -0.05) is 6.92 Å². The number of carbonyl (C=O) groups is 3. The first-order valence-electron chi connectivity index (χ1n) is 10.4. The predicted molar refractivity (Wildman–Crippen MR) is 113 cm³/mol. The van der Waals surface area contributed by atoms with E-state index in [-0.39, 0.29) is 36.3 Å². The highest BCUT2D eigenvalue weighted by Crippen LogP contribution is 2.22. The fraction of sp³-hybridized carbons (Fsp3) is 0.591. The van der Waals surface area contributed by atoms with Gasteiger partial charge in [0.25, 0.3) is 5.91 Å². The molecule has 1 aromatic rings. The van der Waals surface area contributed by atoms with Gasteiger partial charge in [-0.15, -0.1) is 0 Å². The Labute approximate surface area is 178 Å². The standard InChI is InChI=1S/C22H33N3O5/c1-5-15(2)23-22(28)20(16-10-12-25(13-11-16)19(26)14-29-3)24-21(27)17-6-8-18(30-4)9-7-17/h6-9,15-16,20H,5,10-14H2,1-4H3,(H,23,28)(H,24,27)/t15-,20+/m0/s1. The maximum Gasteiger partial charge on any atom is 0.251 e. The lowest BCUT2D eigenvalue weighted by atomic mass is 9.88. The Kier molecular flexibility index (Phi) is 9.11. The number of hydrogen-bond acceptors (Lipinski definition) is 5. The van der Waals surface area contributed by atoms with Crippen LogP contribution in [-0.4, -0.2) is 68.6 Å². The van der Waals surface area contributed by atoms with Gasteiger partial charge in [0.05, 0.1) is 7.11 Å². The van der Waals surface area contributed by atoms with Crippen LogP contribution in [0, 0.1) is 5.92 Å². The third kappa shape index (κ3) is 6.45. The number of ether oxygens (including phenoxy) is 2. The maximum absolute atomic E-state index is 13.0. The average molecular weight is 420 g/mol. The second-order valence-electron chi connectivity index (χ2n) is 7.65. The first-order chi connectivity index (χ1) is 14.4. The number of carbonyl (C=O) groups excluding carboxylic acids is 3. The van der Waals surface area contributed by atoms with Crippen LogP contribution >= 0.6 is 0 Å². The van der Waals surface area contributed by atoms with Gasteiger partial charge >= 0.3 is 0 Å². The third-order valence-corrected chi connectivity index (χ3v) is 5.55. The Morgan fingerprint density at radius 2 is 1.73 bits per heavy atom. The summed E-state index contributed by atoms with van der Waals surface area (Å²) < 4.78 is 10.1. The number of piperidine rings is 1. The quantitative estimate of drug-likeness (QED) is 0.634. The second-order valence-corrected chi connectivity index (χ2v) is 7.65. The van der Waals surface area contributed by atoms with Crippen LogP contribution in [0.1, 0.15) is 43.5 Å². The van der Waals surface area contributed by atoms with E-state index in [1.165, 1.54) is 7.11 Å². The van der Waals surface area contributed by atoms with Gasteiger partial charge in [0.1, 0.15) is 18.4 Å². The van der Waals surface area contributed by atoms with E-state index < -0.39 is 6.04 Å². The summed E-state index contributed by atoms with van der Waals surface area (Å²) in [5.41, 5.74) is 0.463. The normalized spacial score (nSPS) is 16.5. The zero-order valence-electron chi connectivity index (χ0n) is 18.3. The molecule has 30 heavy (non-hydrogen) atoms. The molecular formula is C22H33N3O5. The molecule has 0 saturated carbocycles. The molecule has 2 N–H and O–H groups in total. The van der Waals surface area contributed by atoms with E-state index in [0.29, 0.717) is 37.2 Å². The maximum atomic E-state index is 13.0. The summed E-state index contributed by atoms with van der Waals surface area (Å²) in [7, 11) is 3.06. The Bertz CT molecular complexity index is 714. The molecule has 0 spiro atoms. The van der Waals surface area contributed by atoms with E-state index in [1.54, 1.807) is 36.3 Å². The molecule has 0 bridgehead atoms. The van der Waals surface area contributed by atoms with Gasteiger partial charge in [0.2, 0.25) is 11.8 Å². The summed E-state index contributed by atoms with van der Waals surface area (Å²) in [5.74, 6) is 0.0557. The molecule has 1 heterocycles. The highest BCUT2D eigenvalue weighted by molar-refractivity contribution is 5.97. The van der Waals surface area contributed by atoms with Crippen molar-refractivity contribution in [1.29, 1.82) is 0 Å². The molecule has 1 aliphatic rings. The minimum absolute atomic E-state index is 0.0151. The number of nitrogens with zero attached hydrogens (tertiary/aromatic N) is 1. The average Bonchev–Trinajstić information content (AvgIpc) is 2.77. The Morgan fingerprint density at radius 1 is 1.10 bits per heavy atom. The molecule has 1 fully saturated rings. The van der Waals surface area contributed by atoms with E-state index in [0.717, 1.165) is 6.42 Å². The van der Waals surface area contributed by atoms with Crippen LogP contribution < -0.4 is 15.4 Å². The van der Waals surface area contributed by atoms with Gasteiger partial charge < -0.3 is 25.0 Å². The van der Waals surface area contributed by atoms with Gasteiger partial charge in [-0.05, 0) is 56.4 Å². The molecule has 8 heteroatoms. The molecular weight excluding hydrogens is 386 g/mol. The minimum Gasteiger partial charge on any atom is -0.497 e. The van der Waals surface area contributed by atoms with Crippen molar-refractivity contribution in [2.75, 3.05) is 33.9 Å². The van der Waals surface area contributed by atoms with Crippen molar-refractivity contribution < 1.29 is 23.9 Å².